The van der Waals surface area contributed by atoms with Crippen molar-refractivity contribution in [3.8, 4) is 0 Å². The summed E-state index contributed by atoms with van der Waals surface area (Å²) in [4.78, 5) is 17.4. The number of carbonyl (C=O) groups is 1. The molecule has 1 unspecified atom stereocenters. The van der Waals surface area contributed by atoms with Gasteiger partial charge in [-0.05, 0) is 30.9 Å². The number of amides is 1. The third-order valence-electron chi connectivity index (χ3n) is 3.52. The molecule has 2 rings (SSSR count). The highest BCUT2D eigenvalue weighted by Gasteiger charge is 2.33. The van der Waals surface area contributed by atoms with Gasteiger partial charge in [-0.25, -0.2) is 0 Å². The SMILES string of the molecule is CC(C)[C@@H](N)C(=O)N1CCCC1c1ccc[nH]1. The molecule has 0 saturated carbocycles. The third kappa shape index (κ3) is 2.36. The molecule has 4 nitrogen and oxygen atoms in total. The highest BCUT2D eigenvalue weighted by atomic mass is 16.2. The molecular formula is C13H21N3O. The highest BCUT2D eigenvalue weighted by Crippen LogP contribution is 2.31. The minimum absolute atomic E-state index is 0.0806. The predicted octanol–water partition coefficient (Wildman–Crippen LogP) is 1.66. The number of aromatic nitrogens is 1. The Kier molecular flexibility index (Phi) is 3.52. The van der Waals surface area contributed by atoms with Gasteiger partial charge in [0.1, 0.15) is 0 Å². The number of hydrogen-bond donors (Lipinski definition) is 2. The monoisotopic (exact) mass is 235 g/mol. The highest BCUT2D eigenvalue weighted by molar-refractivity contribution is 5.82. The van der Waals surface area contributed by atoms with Crippen LogP contribution in [-0.4, -0.2) is 28.4 Å². The Balaban J connectivity index is 2.12. The van der Waals surface area contributed by atoms with Crippen LogP contribution in [0, 0.1) is 5.92 Å². The molecule has 0 radical (unpaired) electrons. The van der Waals surface area contributed by atoms with Gasteiger partial charge < -0.3 is 15.6 Å². The summed E-state index contributed by atoms with van der Waals surface area (Å²) in [7, 11) is 0. The summed E-state index contributed by atoms with van der Waals surface area (Å²) in [5, 5.41) is 0. The van der Waals surface area contributed by atoms with E-state index in [-0.39, 0.29) is 23.9 Å². The normalized spacial score (nSPS) is 22.1. The molecule has 1 aromatic rings. The van der Waals surface area contributed by atoms with Gasteiger partial charge in [0.2, 0.25) is 5.91 Å². The zero-order valence-electron chi connectivity index (χ0n) is 10.5. The third-order valence-corrected chi connectivity index (χ3v) is 3.52. The molecular weight excluding hydrogens is 214 g/mol. The van der Waals surface area contributed by atoms with Gasteiger partial charge in [0.15, 0.2) is 0 Å². The fraction of sp³-hybridized carbons (Fsp3) is 0.615. The molecule has 4 heteroatoms. The first-order valence-electron chi connectivity index (χ1n) is 6.30. The van der Waals surface area contributed by atoms with Gasteiger partial charge in [-0.1, -0.05) is 13.8 Å². The van der Waals surface area contributed by atoms with Crippen molar-refractivity contribution in [3.63, 3.8) is 0 Å². The summed E-state index contributed by atoms with van der Waals surface area (Å²) in [6.45, 7) is 4.80. The van der Waals surface area contributed by atoms with Crippen LogP contribution in [0.1, 0.15) is 38.4 Å². The Labute approximate surface area is 102 Å². The van der Waals surface area contributed by atoms with E-state index in [1.165, 1.54) is 0 Å². The molecule has 0 spiro atoms. The Morgan fingerprint density at radius 3 is 2.94 bits per heavy atom. The lowest BCUT2D eigenvalue weighted by Crippen LogP contribution is -2.46. The zero-order chi connectivity index (χ0) is 12.4. The molecule has 2 atom stereocenters. The molecule has 3 N–H and O–H groups in total. The van der Waals surface area contributed by atoms with Gasteiger partial charge in [-0.3, -0.25) is 4.79 Å². The van der Waals surface area contributed by atoms with Crippen molar-refractivity contribution in [2.45, 2.75) is 38.8 Å². The summed E-state index contributed by atoms with van der Waals surface area (Å²) in [6, 6.07) is 3.81. The molecule has 2 heterocycles. The van der Waals surface area contributed by atoms with Crippen LogP contribution in [0.5, 0.6) is 0 Å². The van der Waals surface area contributed by atoms with E-state index >= 15 is 0 Å². The molecule has 94 valence electrons. The van der Waals surface area contributed by atoms with Crippen molar-refractivity contribution in [2.24, 2.45) is 11.7 Å². The van der Waals surface area contributed by atoms with E-state index in [0.717, 1.165) is 25.1 Å². The fourth-order valence-corrected chi connectivity index (χ4v) is 2.38. The molecule has 1 aliphatic heterocycles. The number of nitrogens with two attached hydrogens (primary N) is 1. The van der Waals surface area contributed by atoms with E-state index in [4.69, 9.17) is 5.73 Å². The van der Waals surface area contributed by atoms with Gasteiger partial charge in [0.05, 0.1) is 12.1 Å². The quantitative estimate of drug-likeness (QED) is 0.837. The molecule has 17 heavy (non-hydrogen) atoms. The topological polar surface area (TPSA) is 62.1 Å². The van der Waals surface area contributed by atoms with Crippen molar-refractivity contribution >= 4 is 5.91 Å². The minimum atomic E-state index is -0.384. The lowest BCUT2D eigenvalue weighted by atomic mass is 10.0. The number of aromatic amines is 1. The lowest BCUT2D eigenvalue weighted by Gasteiger charge is -2.28. The second-order valence-corrected chi connectivity index (χ2v) is 5.08. The van der Waals surface area contributed by atoms with Crippen LogP contribution < -0.4 is 5.73 Å². The maximum atomic E-state index is 12.3. The van der Waals surface area contributed by atoms with Crippen molar-refractivity contribution in [3.05, 3.63) is 24.0 Å². The van der Waals surface area contributed by atoms with Crippen molar-refractivity contribution in [2.75, 3.05) is 6.54 Å². The summed E-state index contributed by atoms with van der Waals surface area (Å²) >= 11 is 0. The molecule has 1 aromatic heterocycles. The number of rotatable bonds is 3. The second kappa shape index (κ2) is 4.92. The molecule has 0 bridgehead atoms. The number of nitrogens with zero attached hydrogens (tertiary/aromatic N) is 1. The average molecular weight is 235 g/mol. The number of likely N-dealkylation sites (tertiary alicyclic amines) is 1. The Hall–Kier alpha value is -1.29. The molecule has 1 amide bonds. The van der Waals surface area contributed by atoms with E-state index in [1.54, 1.807) is 0 Å². The van der Waals surface area contributed by atoms with Gasteiger partial charge in [0, 0.05) is 18.4 Å². The average Bonchev–Trinajstić information content (AvgIpc) is 2.96. The molecule has 0 aliphatic carbocycles. The first kappa shape index (κ1) is 12.2. The van der Waals surface area contributed by atoms with Crippen LogP contribution >= 0.6 is 0 Å². The van der Waals surface area contributed by atoms with Crippen molar-refractivity contribution in [1.82, 2.24) is 9.88 Å². The molecule has 1 aliphatic rings. The smallest absolute Gasteiger partial charge is 0.240 e. The maximum absolute atomic E-state index is 12.3. The van der Waals surface area contributed by atoms with E-state index in [2.05, 4.69) is 4.98 Å². The van der Waals surface area contributed by atoms with Gasteiger partial charge in [0.25, 0.3) is 0 Å². The maximum Gasteiger partial charge on any atom is 0.240 e. The summed E-state index contributed by atoms with van der Waals surface area (Å²) in [5.41, 5.74) is 7.07. The van der Waals surface area contributed by atoms with Crippen LogP contribution in [0.25, 0.3) is 0 Å². The lowest BCUT2D eigenvalue weighted by molar-refractivity contribution is -0.134. The first-order chi connectivity index (χ1) is 8.11. The number of H-pyrrole nitrogens is 1. The molecule has 1 fully saturated rings. The number of nitrogens with one attached hydrogen (secondary N) is 1. The van der Waals surface area contributed by atoms with Crippen LogP contribution in [0.2, 0.25) is 0 Å². The molecule has 0 aromatic carbocycles. The fourth-order valence-electron chi connectivity index (χ4n) is 2.38. The Bertz CT molecular complexity index is 372. The summed E-state index contributed by atoms with van der Waals surface area (Å²) in [6.07, 6.45) is 3.98. The van der Waals surface area contributed by atoms with Crippen LogP contribution in [-0.2, 0) is 4.79 Å². The Morgan fingerprint density at radius 2 is 2.35 bits per heavy atom. The van der Waals surface area contributed by atoms with Crippen LogP contribution in [0.15, 0.2) is 18.3 Å². The van der Waals surface area contributed by atoms with Crippen LogP contribution in [0.3, 0.4) is 0 Å². The second-order valence-electron chi connectivity index (χ2n) is 5.08. The molecule has 1 saturated heterocycles. The minimum Gasteiger partial charge on any atom is -0.363 e. The van der Waals surface area contributed by atoms with Crippen molar-refractivity contribution < 1.29 is 4.79 Å². The number of carbonyl (C=O) groups excluding carboxylic acids is 1. The summed E-state index contributed by atoms with van der Waals surface area (Å²) < 4.78 is 0. The van der Waals surface area contributed by atoms with Gasteiger partial charge >= 0.3 is 0 Å². The standard InChI is InChI=1S/C13H21N3O/c1-9(2)12(14)13(17)16-8-4-6-11(16)10-5-3-7-15-10/h3,5,7,9,11-12,15H,4,6,8,14H2,1-2H3/t11?,12-/m1/s1. The van der Waals surface area contributed by atoms with Gasteiger partial charge in [-0.2, -0.15) is 0 Å². The van der Waals surface area contributed by atoms with E-state index < -0.39 is 0 Å². The Morgan fingerprint density at radius 1 is 1.59 bits per heavy atom. The van der Waals surface area contributed by atoms with E-state index in [9.17, 15) is 4.79 Å². The van der Waals surface area contributed by atoms with Crippen molar-refractivity contribution in [1.29, 1.82) is 0 Å². The van der Waals surface area contributed by atoms with E-state index in [1.807, 2.05) is 37.1 Å². The summed E-state index contributed by atoms with van der Waals surface area (Å²) in [5.74, 6) is 0.268. The zero-order valence-corrected chi connectivity index (χ0v) is 10.5. The predicted molar refractivity (Wildman–Crippen MR) is 67.3 cm³/mol. The number of hydrogen-bond acceptors (Lipinski definition) is 2. The van der Waals surface area contributed by atoms with E-state index in [0.29, 0.717) is 0 Å². The van der Waals surface area contributed by atoms with Gasteiger partial charge in [-0.15, -0.1) is 0 Å². The largest absolute Gasteiger partial charge is 0.363 e. The van der Waals surface area contributed by atoms with Crippen LogP contribution in [0.4, 0.5) is 0 Å². The first-order valence-corrected chi connectivity index (χ1v) is 6.30.